The Balaban J connectivity index is 1.58. The molecule has 0 bridgehead atoms. The Kier molecular flexibility index (Phi) is 14.0. The van der Waals surface area contributed by atoms with E-state index in [4.69, 9.17) is 9.47 Å². The second-order valence-corrected chi connectivity index (χ2v) is 13.0. The third-order valence-electron chi connectivity index (χ3n) is 9.27. The standard InChI is InChI=1S/C43H37N3O15/c1-60-43(59)34-30(47)17-10-18-31(34)61-22-9-8-21-44-32(48)20-19-24-23-11-2-3-12-25(23)35(45-28-15-6-4-13-26(28)39(51)52)36(33(24)37(49)41(55)56)46(38(50)42(57)58)29-16-7-5-14-27(29)40(53)54/h2-7,10-18,45,47H,8-9,19-22H2,1H3,(H,44,48)(H,51,52)(H,53,54)(H,55,56)(H,57,58). The fourth-order valence-corrected chi connectivity index (χ4v) is 6.56. The molecule has 18 nitrogen and oxygen atoms in total. The number of ether oxygens (including phenoxy) is 2. The number of aryl methyl sites for hydroxylation is 1. The van der Waals surface area contributed by atoms with E-state index in [2.05, 4.69) is 10.6 Å². The summed E-state index contributed by atoms with van der Waals surface area (Å²) in [6, 6.07) is 20.4. The number of aromatic carboxylic acids is 2. The molecular weight excluding hydrogens is 798 g/mol. The Labute approximate surface area is 345 Å². The van der Waals surface area contributed by atoms with Gasteiger partial charge in [0.15, 0.2) is 0 Å². The van der Waals surface area contributed by atoms with E-state index in [1.807, 2.05) is 0 Å². The molecule has 0 aliphatic carbocycles. The lowest BCUT2D eigenvalue weighted by Gasteiger charge is -2.30. The third kappa shape index (κ3) is 9.71. The molecule has 0 atom stereocenters. The number of fused-ring (bicyclic) bond motifs is 1. The number of carbonyl (C=O) groups is 8. The molecule has 0 aromatic heterocycles. The number of para-hydroxylation sites is 2. The summed E-state index contributed by atoms with van der Waals surface area (Å²) in [5.74, 6) is -12.3. The number of carboxylic acids is 4. The lowest BCUT2D eigenvalue weighted by atomic mass is 9.88. The Morgan fingerprint density at radius 3 is 1.98 bits per heavy atom. The number of esters is 1. The van der Waals surface area contributed by atoms with Crippen LogP contribution in [0.15, 0.2) is 91.0 Å². The zero-order chi connectivity index (χ0) is 44.4. The predicted molar refractivity (Wildman–Crippen MR) is 216 cm³/mol. The van der Waals surface area contributed by atoms with Gasteiger partial charge in [0.1, 0.15) is 17.1 Å². The summed E-state index contributed by atoms with van der Waals surface area (Å²) in [6.45, 7) is 0.213. The molecule has 5 rings (SSSR count). The number of nitrogens with zero attached hydrogens (tertiary/aromatic N) is 1. The van der Waals surface area contributed by atoms with Crippen molar-refractivity contribution in [2.24, 2.45) is 0 Å². The number of rotatable bonds is 18. The number of hydrogen-bond acceptors (Lipinski definition) is 12. The van der Waals surface area contributed by atoms with Gasteiger partial charge in [-0.05, 0) is 66.6 Å². The fourth-order valence-electron chi connectivity index (χ4n) is 6.56. The molecule has 0 fully saturated rings. The second kappa shape index (κ2) is 19.4. The highest BCUT2D eigenvalue weighted by Gasteiger charge is 2.37. The number of aromatic hydroxyl groups is 1. The van der Waals surface area contributed by atoms with E-state index in [0.717, 1.165) is 19.2 Å². The van der Waals surface area contributed by atoms with E-state index in [9.17, 15) is 63.9 Å². The summed E-state index contributed by atoms with van der Waals surface area (Å²) in [5.41, 5.74) is -3.76. The fraction of sp³-hybridized carbons (Fsp3) is 0.163. The van der Waals surface area contributed by atoms with Crippen LogP contribution in [0.25, 0.3) is 10.8 Å². The zero-order valence-electron chi connectivity index (χ0n) is 32.2. The molecule has 314 valence electrons. The average Bonchev–Trinajstić information content (AvgIpc) is 3.24. The average molecular weight is 836 g/mol. The molecule has 0 spiro atoms. The Hall–Kier alpha value is -8.28. The van der Waals surface area contributed by atoms with Crippen LogP contribution in [0.1, 0.15) is 66.3 Å². The number of Topliss-reactive ketones (excluding diaryl/α,β-unsaturated/α-hetero) is 1. The first-order valence-electron chi connectivity index (χ1n) is 18.3. The van der Waals surface area contributed by atoms with Crippen LogP contribution in [-0.2, 0) is 30.3 Å². The maximum Gasteiger partial charge on any atom is 0.395 e. The smallest absolute Gasteiger partial charge is 0.395 e. The highest BCUT2D eigenvalue weighted by atomic mass is 16.5. The Morgan fingerprint density at radius 2 is 1.33 bits per heavy atom. The summed E-state index contributed by atoms with van der Waals surface area (Å²) in [4.78, 5) is 104. The number of phenolic OH excluding ortho intramolecular Hbond substituents is 1. The molecule has 0 heterocycles. The highest BCUT2D eigenvalue weighted by Crippen LogP contribution is 2.46. The van der Waals surface area contributed by atoms with Gasteiger partial charge in [0.2, 0.25) is 5.91 Å². The zero-order valence-corrected chi connectivity index (χ0v) is 32.2. The molecule has 0 saturated carbocycles. The first kappa shape index (κ1) is 43.8. The largest absolute Gasteiger partial charge is 0.507 e. The van der Waals surface area contributed by atoms with Crippen LogP contribution in [0.4, 0.5) is 22.7 Å². The molecule has 7 N–H and O–H groups in total. The number of methoxy groups -OCH3 is 1. The Bertz CT molecular complexity index is 2590. The lowest BCUT2D eigenvalue weighted by molar-refractivity contribution is -0.148. The predicted octanol–water partition coefficient (Wildman–Crippen LogP) is 5.40. The molecule has 0 aliphatic rings. The van der Waals surface area contributed by atoms with Crippen molar-refractivity contribution in [3.8, 4) is 11.5 Å². The van der Waals surface area contributed by atoms with Crippen LogP contribution in [0, 0.1) is 0 Å². The minimum Gasteiger partial charge on any atom is -0.507 e. The number of amides is 2. The number of unbranched alkanes of at least 4 members (excludes halogenated alkanes) is 1. The van der Waals surface area contributed by atoms with Gasteiger partial charge in [-0.15, -0.1) is 0 Å². The number of phenols is 1. The summed E-state index contributed by atoms with van der Waals surface area (Å²) in [5, 5.41) is 56.4. The SMILES string of the molecule is COC(=O)c1c(O)cccc1OCCCCNC(=O)CCc1c(C(=O)C(=O)O)c(N(C(=O)C(=O)O)c2ccccc2C(=O)O)c(Nc2ccccc2C(=O)O)c2ccccc12. The molecule has 5 aromatic rings. The van der Waals surface area contributed by atoms with Crippen LogP contribution in [0.2, 0.25) is 0 Å². The summed E-state index contributed by atoms with van der Waals surface area (Å²) in [6.07, 6.45) is 0.0129. The van der Waals surface area contributed by atoms with Crippen molar-refractivity contribution in [1.29, 1.82) is 0 Å². The van der Waals surface area contributed by atoms with Gasteiger partial charge in [0.05, 0.1) is 53.2 Å². The minimum absolute atomic E-state index is 0.0899. The van der Waals surface area contributed by atoms with E-state index < -0.39 is 69.9 Å². The quantitative estimate of drug-likeness (QED) is 0.0252. The molecule has 5 aromatic carbocycles. The number of carboxylic acid groups (broad SMARTS) is 4. The molecular formula is C43H37N3O15. The summed E-state index contributed by atoms with van der Waals surface area (Å²) < 4.78 is 10.3. The Morgan fingerprint density at radius 1 is 0.689 bits per heavy atom. The van der Waals surface area contributed by atoms with Crippen LogP contribution in [0.5, 0.6) is 11.5 Å². The van der Waals surface area contributed by atoms with Gasteiger partial charge in [-0.2, -0.15) is 0 Å². The van der Waals surface area contributed by atoms with Crippen molar-refractivity contribution >= 4 is 81.0 Å². The third-order valence-corrected chi connectivity index (χ3v) is 9.27. The van der Waals surface area contributed by atoms with Crippen molar-refractivity contribution in [3.05, 3.63) is 119 Å². The van der Waals surface area contributed by atoms with Gasteiger partial charge >= 0.3 is 35.8 Å². The number of anilines is 4. The maximum atomic E-state index is 14.0. The number of nitrogens with one attached hydrogen (secondary N) is 2. The number of carbonyl (C=O) groups excluding carboxylic acids is 4. The lowest BCUT2D eigenvalue weighted by Crippen LogP contribution is -2.36. The van der Waals surface area contributed by atoms with Crippen LogP contribution in [0.3, 0.4) is 0 Å². The van der Waals surface area contributed by atoms with Crippen molar-refractivity contribution < 1.29 is 73.4 Å². The highest BCUT2D eigenvalue weighted by molar-refractivity contribution is 6.46. The van der Waals surface area contributed by atoms with Gasteiger partial charge in [-0.25, -0.2) is 24.0 Å². The molecule has 0 unspecified atom stereocenters. The van der Waals surface area contributed by atoms with Crippen molar-refractivity contribution in [3.63, 3.8) is 0 Å². The molecule has 61 heavy (non-hydrogen) atoms. The summed E-state index contributed by atoms with van der Waals surface area (Å²) in [7, 11) is 1.15. The van der Waals surface area contributed by atoms with Crippen LogP contribution < -0.4 is 20.3 Å². The number of ketones is 1. The van der Waals surface area contributed by atoms with Gasteiger partial charge < -0.3 is 45.6 Å². The molecule has 0 radical (unpaired) electrons. The van der Waals surface area contributed by atoms with Gasteiger partial charge in [0, 0.05) is 18.4 Å². The van der Waals surface area contributed by atoms with Crippen molar-refractivity contribution in [2.45, 2.75) is 25.7 Å². The molecule has 18 heteroatoms. The maximum absolute atomic E-state index is 14.0. The van der Waals surface area contributed by atoms with E-state index in [1.165, 1.54) is 78.9 Å². The molecule has 0 saturated heterocycles. The van der Waals surface area contributed by atoms with E-state index in [1.54, 1.807) is 0 Å². The van der Waals surface area contributed by atoms with E-state index in [0.29, 0.717) is 17.7 Å². The van der Waals surface area contributed by atoms with E-state index >= 15 is 0 Å². The van der Waals surface area contributed by atoms with Crippen LogP contribution >= 0.6 is 0 Å². The topological polar surface area (TPSA) is 283 Å². The number of benzene rings is 5. The number of aliphatic carboxylic acids is 2. The monoisotopic (exact) mass is 835 g/mol. The molecule has 2 amide bonds. The summed E-state index contributed by atoms with van der Waals surface area (Å²) >= 11 is 0. The first-order chi connectivity index (χ1) is 29.2. The minimum atomic E-state index is -2.13. The van der Waals surface area contributed by atoms with E-state index in [-0.39, 0.29) is 76.3 Å². The van der Waals surface area contributed by atoms with Crippen LogP contribution in [-0.4, -0.2) is 93.2 Å². The number of hydrogen-bond donors (Lipinski definition) is 7. The van der Waals surface area contributed by atoms with Crippen molar-refractivity contribution in [2.75, 3.05) is 30.5 Å². The normalized spacial score (nSPS) is 10.6. The first-order valence-corrected chi connectivity index (χ1v) is 18.3. The van der Waals surface area contributed by atoms with Crippen molar-refractivity contribution in [1.82, 2.24) is 5.32 Å². The van der Waals surface area contributed by atoms with Gasteiger partial charge in [-0.1, -0.05) is 54.6 Å². The van der Waals surface area contributed by atoms with Gasteiger partial charge in [-0.3, -0.25) is 19.3 Å². The molecule has 0 aliphatic heterocycles. The second-order valence-electron chi connectivity index (χ2n) is 13.0. The van der Waals surface area contributed by atoms with Gasteiger partial charge in [0.25, 0.3) is 5.78 Å².